The Balaban J connectivity index is 1.71. The SMILES string of the molecule is COc1ccc([C@@H]2CC(c3ccc([N+](=O)[O-])cc3)=NN2)cc1. The van der Waals surface area contributed by atoms with E-state index in [-0.39, 0.29) is 11.7 Å². The fourth-order valence-electron chi connectivity index (χ4n) is 2.43. The van der Waals surface area contributed by atoms with Crippen molar-refractivity contribution in [3.05, 3.63) is 69.8 Å². The topological polar surface area (TPSA) is 76.8 Å². The molecule has 0 aromatic heterocycles. The Hall–Kier alpha value is -2.89. The summed E-state index contributed by atoms with van der Waals surface area (Å²) >= 11 is 0. The molecular formula is C16H15N3O3. The number of nitrogens with zero attached hydrogens (tertiary/aromatic N) is 2. The van der Waals surface area contributed by atoms with Crippen molar-refractivity contribution >= 4 is 11.4 Å². The van der Waals surface area contributed by atoms with Gasteiger partial charge in [0, 0.05) is 18.6 Å². The predicted octanol–water partition coefficient (Wildman–Crippen LogP) is 3.04. The summed E-state index contributed by atoms with van der Waals surface area (Å²) in [6.45, 7) is 0. The average molecular weight is 297 g/mol. The van der Waals surface area contributed by atoms with Crippen LogP contribution in [0.2, 0.25) is 0 Å². The Morgan fingerprint density at radius 2 is 1.86 bits per heavy atom. The second-order valence-corrected chi connectivity index (χ2v) is 5.02. The number of nitro benzene ring substituents is 1. The highest BCUT2D eigenvalue weighted by Crippen LogP contribution is 2.26. The number of methoxy groups -OCH3 is 1. The predicted molar refractivity (Wildman–Crippen MR) is 83.1 cm³/mol. The van der Waals surface area contributed by atoms with Crippen LogP contribution in [0, 0.1) is 10.1 Å². The molecule has 0 amide bonds. The third-order valence-electron chi connectivity index (χ3n) is 3.68. The molecule has 1 atom stereocenters. The van der Waals surface area contributed by atoms with Gasteiger partial charge in [0.1, 0.15) is 5.75 Å². The van der Waals surface area contributed by atoms with Gasteiger partial charge in [-0.1, -0.05) is 12.1 Å². The zero-order valence-corrected chi connectivity index (χ0v) is 12.0. The molecule has 6 nitrogen and oxygen atoms in total. The van der Waals surface area contributed by atoms with Crippen LogP contribution in [0.5, 0.6) is 5.75 Å². The molecule has 2 aromatic carbocycles. The van der Waals surface area contributed by atoms with Gasteiger partial charge < -0.3 is 10.2 Å². The van der Waals surface area contributed by atoms with Crippen molar-refractivity contribution in [3.63, 3.8) is 0 Å². The Morgan fingerprint density at radius 1 is 1.18 bits per heavy atom. The van der Waals surface area contributed by atoms with Gasteiger partial charge in [0.2, 0.25) is 0 Å². The van der Waals surface area contributed by atoms with E-state index in [0.29, 0.717) is 0 Å². The summed E-state index contributed by atoms with van der Waals surface area (Å²) in [5.74, 6) is 0.818. The van der Waals surface area contributed by atoms with E-state index < -0.39 is 4.92 Å². The third-order valence-corrected chi connectivity index (χ3v) is 3.68. The van der Waals surface area contributed by atoms with Gasteiger partial charge in [-0.15, -0.1) is 0 Å². The first kappa shape index (κ1) is 14.1. The number of non-ortho nitro benzene ring substituents is 1. The van der Waals surface area contributed by atoms with Gasteiger partial charge >= 0.3 is 0 Å². The maximum absolute atomic E-state index is 10.7. The Bertz CT molecular complexity index is 708. The van der Waals surface area contributed by atoms with Crippen LogP contribution in [-0.4, -0.2) is 17.7 Å². The van der Waals surface area contributed by atoms with Crippen LogP contribution >= 0.6 is 0 Å². The molecule has 0 aliphatic carbocycles. The summed E-state index contributed by atoms with van der Waals surface area (Å²) in [5.41, 5.74) is 6.12. The average Bonchev–Trinajstić information content (AvgIpc) is 3.05. The monoisotopic (exact) mass is 297 g/mol. The molecule has 0 unspecified atom stereocenters. The molecule has 112 valence electrons. The lowest BCUT2D eigenvalue weighted by molar-refractivity contribution is -0.384. The van der Waals surface area contributed by atoms with Gasteiger partial charge in [-0.3, -0.25) is 10.1 Å². The van der Waals surface area contributed by atoms with Crippen LogP contribution in [0.15, 0.2) is 53.6 Å². The lowest BCUT2D eigenvalue weighted by Gasteiger charge is -2.10. The number of nitrogens with one attached hydrogen (secondary N) is 1. The zero-order valence-electron chi connectivity index (χ0n) is 12.0. The first-order valence-corrected chi connectivity index (χ1v) is 6.88. The van der Waals surface area contributed by atoms with Gasteiger partial charge in [0.15, 0.2) is 0 Å². The van der Waals surface area contributed by atoms with Crippen molar-refractivity contribution in [2.45, 2.75) is 12.5 Å². The molecule has 22 heavy (non-hydrogen) atoms. The minimum atomic E-state index is -0.404. The molecule has 0 saturated carbocycles. The number of hydrogen-bond acceptors (Lipinski definition) is 5. The Morgan fingerprint density at radius 3 is 2.45 bits per heavy atom. The molecule has 2 aromatic rings. The van der Waals surface area contributed by atoms with E-state index in [1.165, 1.54) is 12.1 Å². The van der Waals surface area contributed by atoms with Crippen molar-refractivity contribution in [1.29, 1.82) is 0 Å². The van der Waals surface area contributed by atoms with E-state index in [1.54, 1.807) is 19.2 Å². The second-order valence-electron chi connectivity index (χ2n) is 5.02. The molecule has 0 bridgehead atoms. The van der Waals surface area contributed by atoms with E-state index in [0.717, 1.165) is 29.0 Å². The molecule has 3 rings (SSSR count). The molecule has 0 saturated heterocycles. The Labute approximate surface area is 127 Å². The molecular weight excluding hydrogens is 282 g/mol. The fraction of sp³-hybridized carbons (Fsp3) is 0.188. The summed E-state index contributed by atoms with van der Waals surface area (Å²) < 4.78 is 5.15. The van der Waals surface area contributed by atoms with E-state index in [4.69, 9.17) is 4.74 Å². The molecule has 0 spiro atoms. The molecule has 0 radical (unpaired) electrons. The highest BCUT2D eigenvalue weighted by molar-refractivity contribution is 6.01. The fourth-order valence-corrected chi connectivity index (χ4v) is 2.43. The van der Waals surface area contributed by atoms with Crippen molar-refractivity contribution in [2.75, 3.05) is 7.11 Å². The molecule has 1 aliphatic rings. The molecule has 1 heterocycles. The summed E-state index contributed by atoms with van der Waals surface area (Å²) in [6, 6.07) is 14.4. The molecule has 6 heteroatoms. The number of hydrazone groups is 1. The van der Waals surface area contributed by atoms with Crippen molar-refractivity contribution in [2.24, 2.45) is 5.10 Å². The standard InChI is InChI=1S/C16H15N3O3/c1-22-14-8-4-12(5-9-14)16-10-15(17-18-16)11-2-6-13(7-3-11)19(20)21/h2-9,16,18H,10H2,1H3/t16-/m0/s1. The van der Waals surface area contributed by atoms with Crippen LogP contribution in [0.3, 0.4) is 0 Å². The van der Waals surface area contributed by atoms with E-state index in [1.807, 2.05) is 24.3 Å². The number of nitro groups is 1. The van der Waals surface area contributed by atoms with E-state index in [2.05, 4.69) is 10.5 Å². The lowest BCUT2D eigenvalue weighted by Crippen LogP contribution is -2.09. The van der Waals surface area contributed by atoms with Crippen LogP contribution in [0.1, 0.15) is 23.6 Å². The first-order valence-electron chi connectivity index (χ1n) is 6.88. The largest absolute Gasteiger partial charge is 0.497 e. The van der Waals surface area contributed by atoms with E-state index in [9.17, 15) is 10.1 Å². The Kier molecular flexibility index (Phi) is 3.74. The highest BCUT2D eigenvalue weighted by Gasteiger charge is 2.21. The number of benzene rings is 2. The highest BCUT2D eigenvalue weighted by atomic mass is 16.6. The van der Waals surface area contributed by atoms with E-state index >= 15 is 0 Å². The third kappa shape index (κ3) is 2.76. The minimum absolute atomic E-state index is 0.0852. The lowest BCUT2D eigenvalue weighted by atomic mass is 9.99. The quantitative estimate of drug-likeness (QED) is 0.695. The van der Waals surface area contributed by atoms with Gasteiger partial charge in [0.25, 0.3) is 5.69 Å². The maximum atomic E-state index is 10.7. The molecule has 1 aliphatic heterocycles. The number of ether oxygens (including phenoxy) is 1. The van der Waals surface area contributed by atoms with Gasteiger partial charge in [-0.05, 0) is 35.4 Å². The molecule has 1 N–H and O–H groups in total. The number of rotatable bonds is 4. The van der Waals surface area contributed by atoms with Gasteiger partial charge in [-0.2, -0.15) is 5.10 Å². The smallest absolute Gasteiger partial charge is 0.269 e. The van der Waals surface area contributed by atoms with Crippen LogP contribution in [0.4, 0.5) is 5.69 Å². The van der Waals surface area contributed by atoms with Crippen molar-refractivity contribution in [1.82, 2.24) is 5.43 Å². The van der Waals surface area contributed by atoms with Crippen LogP contribution in [-0.2, 0) is 0 Å². The maximum Gasteiger partial charge on any atom is 0.269 e. The van der Waals surface area contributed by atoms with Gasteiger partial charge in [0.05, 0.1) is 23.8 Å². The summed E-state index contributed by atoms with van der Waals surface area (Å²) in [4.78, 5) is 10.3. The van der Waals surface area contributed by atoms with Gasteiger partial charge in [-0.25, -0.2) is 0 Å². The minimum Gasteiger partial charge on any atom is -0.497 e. The summed E-state index contributed by atoms with van der Waals surface area (Å²) in [7, 11) is 1.64. The summed E-state index contributed by atoms with van der Waals surface area (Å²) in [5, 5.41) is 15.0. The van der Waals surface area contributed by atoms with Crippen molar-refractivity contribution in [3.8, 4) is 5.75 Å². The first-order chi connectivity index (χ1) is 10.7. The van der Waals surface area contributed by atoms with Crippen molar-refractivity contribution < 1.29 is 9.66 Å². The van der Waals surface area contributed by atoms with Crippen LogP contribution in [0.25, 0.3) is 0 Å². The molecule has 0 fully saturated rings. The van der Waals surface area contributed by atoms with Crippen LogP contribution < -0.4 is 10.2 Å². The summed E-state index contributed by atoms with van der Waals surface area (Å²) in [6.07, 6.45) is 0.740. The second kappa shape index (κ2) is 5.85. The zero-order chi connectivity index (χ0) is 15.5. The normalized spacial score (nSPS) is 16.8. The number of hydrogen-bond donors (Lipinski definition) is 1.